The van der Waals surface area contributed by atoms with Gasteiger partial charge in [0.15, 0.2) is 0 Å². The lowest BCUT2D eigenvalue weighted by Crippen LogP contribution is -2.01. The van der Waals surface area contributed by atoms with Gasteiger partial charge in [-0.1, -0.05) is 12.1 Å². The van der Waals surface area contributed by atoms with Crippen LogP contribution >= 0.6 is 0 Å². The minimum absolute atomic E-state index is 0.247. The van der Waals surface area contributed by atoms with Crippen LogP contribution in [0.5, 0.6) is 0 Å². The Kier molecular flexibility index (Phi) is 3.88. The second-order valence-corrected chi connectivity index (χ2v) is 5.61. The van der Waals surface area contributed by atoms with Crippen molar-refractivity contribution in [3.05, 3.63) is 41.1 Å². The molecule has 4 nitrogen and oxygen atoms in total. The summed E-state index contributed by atoms with van der Waals surface area (Å²) in [7, 11) is 1.72. The van der Waals surface area contributed by atoms with Crippen LogP contribution in [0.3, 0.4) is 0 Å². The van der Waals surface area contributed by atoms with Crippen LogP contribution in [0.2, 0.25) is 0 Å². The van der Waals surface area contributed by atoms with Crippen LogP contribution in [0.4, 0.5) is 0 Å². The predicted octanol–water partition coefficient (Wildman–Crippen LogP) is 3.39. The van der Waals surface area contributed by atoms with Crippen LogP contribution in [0, 0.1) is 0 Å². The van der Waals surface area contributed by atoms with E-state index in [2.05, 4.69) is 11.1 Å². The lowest BCUT2D eigenvalue weighted by Gasteiger charge is -2.12. The van der Waals surface area contributed by atoms with Crippen LogP contribution in [0.25, 0.3) is 10.9 Å². The fourth-order valence-corrected chi connectivity index (χ4v) is 2.84. The molecule has 1 aromatic carbocycles. The van der Waals surface area contributed by atoms with Gasteiger partial charge in [-0.3, -0.25) is 4.98 Å². The summed E-state index contributed by atoms with van der Waals surface area (Å²) in [5.41, 5.74) is 3.87. The Morgan fingerprint density at radius 1 is 1.43 bits per heavy atom. The standard InChI is InChI=1S/C17H19NO3/c1-21-8-2-3-11-6-7-13-9-14(17(19)20)10-18-16(13)15(11)12-4-5-12/h6-7,9-10,12H,2-5,8H2,1H3,(H,19,20). The molecule has 21 heavy (non-hydrogen) atoms. The Labute approximate surface area is 123 Å². The van der Waals surface area contributed by atoms with Gasteiger partial charge in [0.2, 0.25) is 0 Å². The van der Waals surface area contributed by atoms with Gasteiger partial charge in [0.1, 0.15) is 0 Å². The third-order valence-electron chi connectivity index (χ3n) is 4.01. The Morgan fingerprint density at radius 2 is 2.24 bits per heavy atom. The van der Waals surface area contributed by atoms with Crippen molar-refractivity contribution in [3.63, 3.8) is 0 Å². The molecular formula is C17H19NO3. The lowest BCUT2D eigenvalue weighted by atomic mass is 9.95. The predicted molar refractivity (Wildman–Crippen MR) is 80.9 cm³/mol. The molecule has 1 aliphatic rings. The highest BCUT2D eigenvalue weighted by molar-refractivity contribution is 5.93. The van der Waals surface area contributed by atoms with E-state index in [1.807, 2.05) is 6.07 Å². The number of nitrogens with zero attached hydrogens (tertiary/aromatic N) is 1. The molecule has 1 saturated carbocycles. The number of aryl methyl sites for hydroxylation is 1. The number of aromatic carboxylic acids is 1. The van der Waals surface area contributed by atoms with E-state index in [1.54, 1.807) is 13.2 Å². The largest absolute Gasteiger partial charge is 0.478 e. The zero-order chi connectivity index (χ0) is 14.8. The quantitative estimate of drug-likeness (QED) is 0.826. The second-order valence-electron chi connectivity index (χ2n) is 5.61. The Bertz CT molecular complexity index is 677. The summed E-state index contributed by atoms with van der Waals surface area (Å²) >= 11 is 0. The minimum Gasteiger partial charge on any atom is -0.478 e. The average molecular weight is 285 g/mol. The number of hydrogen-bond acceptors (Lipinski definition) is 3. The molecule has 0 saturated heterocycles. The Balaban J connectivity index is 2.03. The third kappa shape index (κ3) is 2.90. The molecule has 4 heteroatoms. The van der Waals surface area contributed by atoms with Gasteiger partial charge < -0.3 is 9.84 Å². The van der Waals surface area contributed by atoms with Crippen LogP contribution in [0.15, 0.2) is 24.4 Å². The number of benzene rings is 1. The van der Waals surface area contributed by atoms with Crippen LogP contribution < -0.4 is 0 Å². The maximum absolute atomic E-state index is 11.1. The second kappa shape index (κ2) is 5.82. The zero-order valence-electron chi connectivity index (χ0n) is 12.1. The highest BCUT2D eigenvalue weighted by Gasteiger charge is 2.28. The van der Waals surface area contributed by atoms with Gasteiger partial charge in [0, 0.05) is 25.3 Å². The highest BCUT2D eigenvalue weighted by atomic mass is 16.5. The topological polar surface area (TPSA) is 59.4 Å². The molecule has 1 fully saturated rings. The molecule has 110 valence electrons. The number of rotatable bonds is 6. The smallest absolute Gasteiger partial charge is 0.337 e. The van der Waals surface area contributed by atoms with Crippen LogP contribution in [-0.4, -0.2) is 29.8 Å². The number of pyridine rings is 1. The molecule has 2 aromatic rings. The number of carboxylic acid groups (broad SMARTS) is 1. The summed E-state index contributed by atoms with van der Waals surface area (Å²) < 4.78 is 5.13. The molecule has 0 spiro atoms. The van der Waals surface area contributed by atoms with Crippen molar-refractivity contribution in [2.24, 2.45) is 0 Å². The fraction of sp³-hybridized carbons (Fsp3) is 0.412. The molecule has 0 atom stereocenters. The van der Waals surface area contributed by atoms with Gasteiger partial charge in [0.05, 0.1) is 11.1 Å². The van der Waals surface area contributed by atoms with Crippen molar-refractivity contribution in [2.45, 2.75) is 31.6 Å². The summed E-state index contributed by atoms with van der Waals surface area (Å²) in [6.45, 7) is 0.757. The van der Waals surface area contributed by atoms with Gasteiger partial charge in [-0.15, -0.1) is 0 Å². The summed E-state index contributed by atoms with van der Waals surface area (Å²) in [5, 5.41) is 10.0. The number of carbonyl (C=O) groups is 1. The first-order valence-electron chi connectivity index (χ1n) is 7.34. The molecule has 3 rings (SSSR count). The van der Waals surface area contributed by atoms with E-state index in [1.165, 1.54) is 30.2 Å². The van der Waals surface area contributed by atoms with Gasteiger partial charge >= 0.3 is 5.97 Å². The van der Waals surface area contributed by atoms with Crippen molar-refractivity contribution in [2.75, 3.05) is 13.7 Å². The maximum atomic E-state index is 11.1. The molecule has 0 aliphatic heterocycles. The Hall–Kier alpha value is -1.94. The van der Waals surface area contributed by atoms with E-state index in [4.69, 9.17) is 9.84 Å². The van der Waals surface area contributed by atoms with E-state index in [-0.39, 0.29) is 5.56 Å². The molecule has 0 radical (unpaired) electrons. The van der Waals surface area contributed by atoms with Crippen molar-refractivity contribution in [1.29, 1.82) is 0 Å². The normalized spacial score (nSPS) is 14.5. The van der Waals surface area contributed by atoms with Crippen molar-refractivity contribution < 1.29 is 14.6 Å². The molecule has 1 aliphatic carbocycles. The number of hydrogen-bond donors (Lipinski definition) is 1. The number of aromatic nitrogens is 1. The fourth-order valence-electron chi connectivity index (χ4n) is 2.84. The monoisotopic (exact) mass is 285 g/mol. The van der Waals surface area contributed by atoms with E-state index >= 15 is 0 Å². The van der Waals surface area contributed by atoms with Gasteiger partial charge in [0.25, 0.3) is 0 Å². The zero-order valence-corrected chi connectivity index (χ0v) is 12.1. The summed E-state index contributed by atoms with van der Waals surface area (Å²) in [6.07, 6.45) is 5.86. The molecular weight excluding hydrogens is 266 g/mol. The number of fused-ring (bicyclic) bond motifs is 1. The minimum atomic E-state index is -0.929. The van der Waals surface area contributed by atoms with E-state index < -0.39 is 5.97 Å². The number of methoxy groups -OCH3 is 1. The van der Waals surface area contributed by atoms with Crippen molar-refractivity contribution in [1.82, 2.24) is 4.98 Å². The summed E-state index contributed by atoms with van der Waals surface area (Å²) in [6, 6.07) is 5.83. The van der Waals surface area contributed by atoms with Crippen molar-refractivity contribution in [3.8, 4) is 0 Å². The molecule has 1 aromatic heterocycles. The first-order chi connectivity index (χ1) is 10.2. The molecule has 0 amide bonds. The van der Waals surface area contributed by atoms with Gasteiger partial charge in [-0.25, -0.2) is 4.79 Å². The van der Waals surface area contributed by atoms with Crippen molar-refractivity contribution >= 4 is 16.9 Å². The first kappa shape index (κ1) is 14.0. The highest BCUT2D eigenvalue weighted by Crippen LogP contribution is 2.44. The third-order valence-corrected chi connectivity index (χ3v) is 4.01. The van der Waals surface area contributed by atoms with Gasteiger partial charge in [-0.05, 0) is 48.8 Å². The number of carboxylic acids is 1. The Morgan fingerprint density at radius 3 is 2.90 bits per heavy atom. The molecule has 0 unspecified atom stereocenters. The lowest BCUT2D eigenvalue weighted by molar-refractivity contribution is 0.0696. The first-order valence-corrected chi connectivity index (χ1v) is 7.34. The maximum Gasteiger partial charge on any atom is 0.337 e. The van der Waals surface area contributed by atoms with Gasteiger partial charge in [-0.2, -0.15) is 0 Å². The van der Waals surface area contributed by atoms with Crippen LogP contribution in [0.1, 0.15) is 46.7 Å². The SMILES string of the molecule is COCCCc1ccc2cc(C(=O)O)cnc2c1C1CC1. The van der Waals surface area contributed by atoms with E-state index in [9.17, 15) is 4.79 Å². The molecule has 1 heterocycles. The summed E-state index contributed by atoms with van der Waals surface area (Å²) in [5.74, 6) is -0.337. The van der Waals surface area contributed by atoms with E-state index in [0.29, 0.717) is 5.92 Å². The molecule has 0 bridgehead atoms. The molecule has 1 N–H and O–H groups in total. The summed E-state index contributed by atoms with van der Waals surface area (Å²) in [4.78, 5) is 15.5. The van der Waals surface area contributed by atoms with Crippen LogP contribution in [-0.2, 0) is 11.2 Å². The average Bonchev–Trinajstić information content (AvgIpc) is 3.31. The van der Waals surface area contributed by atoms with E-state index in [0.717, 1.165) is 30.4 Å². The number of ether oxygens (including phenoxy) is 1.